The first-order valence-electron chi connectivity index (χ1n) is 6.57. The molecule has 0 aliphatic carbocycles. The Hall–Kier alpha value is -2.22. The molecule has 1 N–H and O–H groups in total. The summed E-state index contributed by atoms with van der Waals surface area (Å²) in [6.07, 6.45) is 0. The molecule has 0 spiro atoms. The molecule has 5 nitrogen and oxygen atoms in total. The van der Waals surface area contributed by atoms with Crippen LogP contribution in [-0.2, 0) is 4.79 Å². The van der Waals surface area contributed by atoms with Crippen LogP contribution in [0.4, 0.5) is 5.69 Å². The van der Waals surface area contributed by atoms with Crippen LogP contribution in [0.3, 0.4) is 0 Å². The fourth-order valence-corrected chi connectivity index (χ4v) is 2.80. The van der Waals surface area contributed by atoms with E-state index in [4.69, 9.17) is 0 Å². The van der Waals surface area contributed by atoms with Gasteiger partial charge in [-0.15, -0.1) is 0 Å². The molecule has 0 saturated carbocycles. The van der Waals surface area contributed by atoms with Gasteiger partial charge in [-0.05, 0) is 46.9 Å². The van der Waals surface area contributed by atoms with Gasteiger partial charge in [0.1, 0.15) is 6.54 Å². The second kappa shape index (κ2) is 5.88. The topological polar surface area (TPSA) is 66.5 Å². The lowest BCUT2D eigenvalue weighted by Crippen LogP contribution is -2.37. The summed E-state index contributed by atoms with van der Waals surface area (Å²) in [5.74, 6) is -1.27. The van der Waals surface area contributed by atoms with Crippen molar-refractivity contribution in [3.63, 3.8) is 0 Å². The first-order valence-corrected chi connectivity index (χ1v) is 7.65. The maximum absolute atomic E-state index is 12.2. The molecular weight excluding hydrogens is 395 g/mol. The summed E-state index contributed by atoms with van der Waals surface area (Å²) in [7, 11) is 0. The number of nitrogens with one attached hydrogen (secondary N) is 1. The van der Waals surface area contributed by atoms with Crippen molar-refractivity contribution in [3.8, 4) is 0 Å². The molecule has 0 aromatic heterocycles. The summed E-state index contributed by atoms with van der Waals surface area (Å²) in [5, 5.41) is 2.71. The van der Waals surface area contributed by atoms with E-state index >= 15 is 0 Å². The molecule has 0 fully saturated rings. The predicted molar refractivity (Wildman–Crippen MR) is 89.6 cm³/mol. The Balaban J connectivity index is 1.75. The van der Waals surface area contributed by atoms with Gasteiger partial charge < -0.3 is 5.32 Å². The van der Waals surface area contributed by atoms with Gasteiger partial charge in [0.2, 0.25) is 5.91 Å². The lowest BCUT2D eigenvalue weighted by Gasteiger charge is -2.14. The van der Waals surface area contributed by atoms with Crippen molar-refractivity contribution < 1.29 is 14.4 Å². The summed E-state index contributed by atoms with van der Waals surface area (Å²) in [6, 6.07) is 13.9. The number of imide groups is 1. The van der Waals surface area contributed by atoms with E-state index in [1.165, 1.54) is 0 Å². The van der Waals surface area contributed by atoms with E-state index in [2.05, 4.69) is 27.9 Å². The average molecular weight is 406 g/mol. The third-order valence-corrected chi connectivity index (χ3v) is 4.27. The maximum Gasteiger partial charge on any atom is 0.262 e. The van der Waals surface area contributed by atoms with E-state index < -0.39 is 17.7 Å². The molecule has 110 valence electrons. The molecule has 0 atom stereocenters. The SMILES string of the molecule is O=C(CN1C(=O)c2ccccc2C1=O)Nc1ccccc1I. The molecule has 1 aliphatic heterocycles. The quantitative estimate of drug-likeness (QED) is 0.630. The Kier molecular flexibility index (Phi) is 3.93. The molecule has 0 bridgehead atoms. The van der Waals surface area contributed by atoms with Crippen molar-refractivity contribution in [3.05, 3.63) is 63.2 Å². The number of carbonyl (C=O) groups is 3. The second-order valence-corrected chi connectivity index (χ2v) is 5.93. The van der Waals surface area contributed by atoms with Crippen LogP contribution in [0.2, 0.25) is 0 Å². The van der Waals surface area contributed by atoms with E-state index in [-0.39, 0.29) is 6.54 Å². The van der Waals surface area contributed by atoms with Crippen molar-refractivity contribution in [2.45, 2.75) is 0 Å². The van der Waals surface area contributed by atoms with Gasteiger partial charge in [-0.2, -0.15) is 0 Å². The number of hydrogen-bond acceptors (Lipinski definition) is 3. The lowest BCUT2D eigenvalue weighted by molar-refractivity contribution is -0.116. The van der Waals surface area contributed by atoms with Crippen molar-refractivity contribution >= 4 is 46.0 Å². The summed E-state index contributed by atoms with van der Waals surface area (Å²) in [6.45, 7) is -0.294. The number of fused-ring (bicyclic) bond motifs is 1. The van der Waals surface area contributed by atoms with Crippen LogP contribution in [0.5, 0.6) is 0 Å². The average Bonchev–Trinajstić information content (AvgIpc) is 2.75. The lowest BCUT2D eigenvalue weighted by atomic mass is 10.1. The highest BCUT2D eigenvalue weighted by atomic mass is 127. The van der Waals surface area contributed by atoms with E-state index in [1.54, 1.807) is 36.4 Å². The largest absolute Gasteiger partial charge is 0.324 e. The van der Waals surface area contributed by atoms with Crippen LogP contribution in [-0.4, -0.2) is 29.2 Å². The second-order valence-electron chi connectivity index (χ2n) is 4.77. The number of hydrogen-bond donors (Lipinski definition) is 1. The zero-order valence-electron chi connectivity index (χ0n) is 11.4. The monoisotopic (exact) mass is 406 g/mol. The number of benzene rings is 2. The van der Waals surface area contributed by atoms with E-state index in [1.807, 2.05) is 12.1 Å². The maximum atomic E-state index is 12.2. The van der Waals surface area contributed by atoms with Crippen LogP contribution < -0.4 is 5.32 Å². The Morgan fingerprint density at radius 2 is 1.50 bits per heavy atom. The standard InChI is InChI=1S/C16H11IN2O3/c17-12-7-3-4-8-13(12)18-14(20)9-19-15(21)10-5-1-2-6-11(10)16(19)22/h1-8H,9H2,(H,18,20). The Morgan fingerprint density at radius 1 is 0.955 bits per heavy atom. The molecule has 2 aromatic rings. The molecule has 22 heavy (non-hydrogen) atoms. The summed E-state index contributed by atoms with van der Waals surface area (Å²) in [5.41, 5.74) is 1.34. The summed E-state index contributed by atoms with van der Waals surface area (Å²) < 4.78 is 0.885. The zero-order chi connectivity index (χ0) is 15.7. The van der Waals surface area contributed by atoms with Crippen LogP contribution >= 0.6 is 22.6 Å². The smallest absolute Gasteiger partial charge is 0.262 e. The normalized spacial score (nSPS) is 13.2. The number of rotatable bonds is 3. The Bertz CT molecular complexity index is 753. The summed E-state index contributed by atoms with van der Waals surface area (Å²) >= 11 is 2.10. The third-order valence-electron chi connectivity index (χ3n) is 3.33. The van der Waals surface area contributed by atoms with E-state index in [9.17, 15) is 14.4 Å². The molecule has 3 rings (SSSR count). The molecule has 0 unspecified atom stereocenters. The van der Waals surface area contributed by atoms with Gasteiger partial charge >= 0.3 is 0 Å². The molecule has 6 heteroatoms. The highest BCUT2D eigenvalue weighted by Crippen LogP contribution is 2.22. The third kappa shape index (κ3) is 2.61. The molecule has 0 saturated heterocycles. The van der Waals surface area contributed by atoms with Gasteiger partial charge in [-0.3, -0.25) is 19.3 Å². The van der Waals surface area contributed by atoms with Crippen molar-refractivity contribution in [1.82, 2.24) is 4.90 Å². The number of halogens is 1. The number of amides is 3. The number of carbonyl (C=O) groups excluding carboxylic acids is 3. The molecule has 0 radical (unpaired) electrons. The highest BCUT2D eigenvalue weighted by molar-refractivity contribution is 14.1. The van der Waals surface area contributed by atoms with Gasteiger partial charge in [0.15, 0.2) is 0 Å². The van der Waals surface area contributed by atoms with Gasteiger partial charge in [0.05, 0.1) is 16.8 Å². The molecule has 2 aromatic carbocycles. The fourth-order valence-electron chi connectivity index (χ4n) is 2.28. The first-order chi connectivity index (χ1) is 10.6. The molecule has 3 amide bonds. The summed E-state index contributed by atoms with van der Waals surface area (Å²) in [4.78, 5) is 37.4. The van der Waals surface area contributed by atoms with Gasteiger partial charge in [-0.25, -0.2) is 0 Å². The van der Waals surface area contributed by atoms with Crippen molar-refractivity contribution in [1.29, 1.82) is 0 Å². The molecule has 1 aliphatic rings. The zero-order valence-corrected chi connectivity index (χ0v) is 13.5. The van der Waals surface area contributed by atoms with Crippen LogP contribution in [0.15, 0.2) is 48.5 Å². The van der Waals surface area contributed by atoms with Gasteiger partial charge in [-0.1, -0.05) is 24.3 Å². The number of para-hydroxylation sites is 1. The Morgan fingerprint density at radius 3 is 2.09 bits per heavy atom. The molecular formula is C16H11IN2O3. The van der Waals surface area contributed by atoms with Gasteiger partial charge in [0.25, 0.3) is 11.8 Å². The fraction of sp³-hybridized carbons (Fsp3) is 0.0625. The highest BCUT2D eigenvalue weighted by Gasteiger charge is 2.36. The van der Waals surface area contributed by atoms with Crippen LogP contribution in [0, 0.1) is 3.57 Å². The van der Waals surface area contributed by atoms with Crippen LogP contribution in [0.1, 0.15) is 20.7 Å². The first kappa shape index (κ1) is 14.7. The van der Waals surface area contributed by atoms with E-state index in [0.717, 1.165) is 8.47 Å². The van der Waals surface area contributed by atoms with Crippen molar-refractivity contribution in [2.24, 2.45) is 0 Å². The minimum Gasteiger partial charge on any atom is -0.324 e. The predicted octanol–water partition coefficient (Wildman–Crippen LogP) is 2.53. The van der Waals surface area contributed by atoms with Crippen LogP contribution in [0.25, 0.3) is 0 Å². The van der Waals surface area contributed by atoms with E-state index in [0.29, 0.717) is 16.8 Å². The number of nitrogens with zero attached hydrogens (tertiary/aromatic N) is 1. The minimum absolute atomic E-state index is 0.294. The van der Waals surface area contributed by atoms with Crippen molar-refractivity contribution in [2.75, 3.05) is 11.9 Å². The Labute approximate surface area is 140 Å². The number of anilines is 1. The minimum atomic E-state index is -0.432. The molecule has 1 heterocycles. The van der Waals surface area contributed by atoms with Gasteiger partial charge in [0, 0.05) is 3.57 Å².